The van der Waals surface area contributed by atoms with Crippen LogP contribution in [0.15, 0.2) is 53.5 Å². The molecule has 7 heteroatoms. The van der Waals surface area contributed by atoms with Crippen LogP contribution in [0.25, 0.3) is 0 Å². The van der Waals surface area contributed by atoms with Gasteiger partial charge in [-0.15, -0.1) is 24.0 Å². The summed E-state index contributed by atoms with van der Waals surface area (Å²) in [4.78, 5) is 17.7. The number of hydrogen-bond donors (Lipinski definition) is 2. The van der Waals surface area contributed by atoms with Crippen molar-refractivity contribution in [2.24, 2.45) is 4.99 Å². The molecule has 0 aliphatic carbocycles. The van der Waals surface area contributed by atoms with E-state index in [1.54, 1.807) is 26.0 Å². The summed E-state index contributed by atoms with van der Waals surface area (Å²) in [5.41, 5.74) is 3.06. The molecule has 0 aliphatic rings. The number of nitrogens with one attached hydrogen (secondary N) is 2. The summed E-state index contributed by atoms with van der Waals surface area (Å²) in [7, 11) is 5.23. The summed E-state index contributed by atoms with van der Waals surface area (Å²) in [5.74, 6) is 2.09. The Balaban J connectivity index is 0.00000450. The number of benzene rings is 2. The van der Waals surface area contributed by atoms with Crippen molar-refractivity contribution in [2.75, 3.05) is 34.3 Å². The Morgan fingerprint density at radius 1 is 1.03 bits per heavy atom. The van der Waals surface area contributed by atoms with Gasteiger partial charge >= 0.3 is 0 Å². The lowest BCUT2D eigenvalue weighted by Crippen LogP contribution is -2.38. The Hall–Kier alpha value is -2.29. The van der Waals surface area contributed by atoms with E-state index in [2.05, 4.69) is 41.6 Å². The number of carbonyl (C=O) groups excluding carboxylic acids is 1. The molecule has 0 aliphatic heterocycles. The van der Waals surface area contributed by atoms with E-state index in [1.165, 1.54) is 5.56 Å². The first kappa shape index (κ1) is 25.7. The van der Waals surface area contributed by atoms with E-state index in [-0.39, 0.29) is 29.9 Å². The Kier molecular flexibility index (Phi) is 11.2. The fourth-order valence-electron chi connectivity index (χ4n) is 2.72. The maximum Gasteiger partial charge on any atom is 0.253 e. The lowest BCUT2D eigenvalue weighted by atomic mass is 10.0. The SMILES string of the molecule is CN=C(NCCOc1ccc(C(C)C)cc1)NCc1ccc(C(=O)N(C)C)cc1.I. The molecule has 2 N–H and O–H groups in total. The van der Waals surface area contributed by atoms with E-state index in [0.717, 1.165) is 11.3 Å². The summed E-state index contributed by atoms with van der Waals surface area (Å²) in [6.45, 7) is 6.16. The van der Waals surface area contributed by atoms with Crippen LogP contribution in [0.5, 0.6) is 5.75 Å². The quantitative estimate of drug-likeness (QED) is 0.238. The van der Waals surface area contributed by atoms with Crippen molar-refractivity contribution in [3.63, 3.8) is 0 Å². The summed E-state index contributed by atoms with van der Waals surface area (Å²) in [6.07, 6.45) is 0. The van der Waals surface area contributed by atoms with Gasteiger partial charge in [0, 0.05) is 33.3 Å². The molecule has 0 unspecified atom stereocenters. The Morgan fingerprint density at radius 2 is 1.67 bits per heavy atom. The Bertz CT molecular complexity index is 803. The number of rotatable bonds is 8. The maximum atomic E-state index is 11.9. The van der Waals surface area contributed by atoms with Gasteiger partial charge in [0.25, 0.3) is 5.91 Å². The average molecular weight is 524 g/mol. The number of ether oxygens (including phenoxy) is 1. The van der Waals surface area contributed by atoms with E-state index in [1.807, 2.05) is 36.4 Å². The molecule has 0 bridgehead atoms. The first-order valence-corrected chi connectivity index (χ1v) is 9.88. The molecular weight excluding hydrogens is 491 g/mol. The molecule has 30 heavy (non-hydrogen) atoms. The van der Waals surface area contributed by atoms with Gasteiger partial charge < -0.3 is 20.3 Å². The predicted octanol–water partition coefficient (Wildman–Crippen LogP) is 3.87. The zero-order valence-corrected chi connectivity index (χ0v) is 20.8. The highest BCUT2D eigenvalue weighted by Gasteiger charge is 2.07. The summed E-state index contributed by atoms with van der Waals surface area (Å²) in [6, 6.07) is 15.8. The Morgan fingerprint density at radius 3 is 2.20 bits per heavy atom. The molecule has 0 fully saturated rings. The number of hydrogen-bond acceptors (Lipinski definition) is 3. The minimum atomic E-state index is 0. The smallest absolute Gasteiger partial charge is 0.253 e. The van der Waals surface area contributed by atoms with Gasteiger partial charge in [-0.2, -0.15) is 0 Å². The molecule has 164 valence electrons. The number of halogens is 1. The van der Waals surface area contributed by atoms with E-state index < -0.39 is 0 Å². The van der Waals surface area contributed by atoms with Crippen LogP contribution in [0.4, 0.5) is 0 Å². The second kappa shape index (κ2) is 13.1. The van der Waals surface area contributed by atoms with Crippen molar-refractivity contribution in [2.45, 2.75) is 26.3 Å². The van der Waals surface area contributed by atoms with Gasteiger partial charge in [-0.1, -0.05) is 38.1 Å². The normalized spacial score (nSPS) is 10.9. The van der Waals surface area contributed by atoms with Crippen molar-refractivity contribution in [3.8, 4) is 5.75 Å². The molecule has 0 heterocycles. The second-order valence-corrected chi connectivity index (χ2v) is 7.32. The van der Waals surface area contributed by atoms with Gasteiger partial charge in [0.15, 0.2) is 5.96 Å². The van der Waals surface area contributed by atoms with Gasteiger partial charge in [-0.3, -0.25) is 9.79 Å². The average Bonchev–Trinajstić information content (AvgIpc) is 2.73. The first-order chi connectivity index (χ1) is 13.9. The molecular formula is C23H33IN4O2. The number of carbonyl (C=O) groups is 1. The van der Waals surface area contributed by atoms with Crippen LogP contribution in [0, 0.1) is 0 Å². The molecule has 2 aromatic rings. The van der Waals surface area contributed by atoms with Crippen LogP contribution in [-0.2, 0) is 6.54 Å². The minimum Gasteiger partial charge on any atom is -0.492 e. The fraction of sp³-hybridized carbons (Fsp3) is 0.391. The topological polar surface area (TPSA) is 66.0 Å². The first-order valence-electron chi connectivity index (χ1n) is 9.88. The molecule has 0 aromatic heterocycles. The van der Waals surface area contributed by atoms with Crippen LogP contribution in [-0.4, -0.2) is 51.1 Å². The van der Waals surface area contributed by atoms with Gasteiger partial charge in [0.2, 0.25) is 0 Å². The number of amides is 1. The highest BCUT2D eigenvalue weighted by molar-refractivity contribution is 14.0. The fourth-order valence-corrected chi connectivity index (χ4v) is 2.72. The number of guanidine groups is 1. The lowest BCUT2D eigenvalue weighted by molar-refractivity contribution is 0.0827. The van der Waals surface area contributed by atoms with E-state index in [4.69, 9.17) is 4.74 Å². The summed E-state index contributed by atoms with van der Waals surface area (Å²) in [5, 5.41) is 6.50. The summed E-state index contributed by atoms with van der Waals surface area (Å²) < 4.78 is 5.77. The van der Waals surface area contributed by atoms with Crippen molar-refractivity contribution in [3.05, 3.63) is 65.2 Å². The number of nitrogens with zero attached hydrogens (tertiary/aromatic N) is 2. The molecule has 0 saturated heterocycles. The standard InChI is InChI=1S/C23H32N4O2.HI/c1-17(2)19-10-12-21(13-11-19)29-15-14-25-23(24-3)26-16-18-6-8-20(9-7-18)22(28)27(4)5;/h6-13,17H,14-16H2,1-5H3,(H2,24,25,26);1H. The molecule has 0 atom stereocenters. The largest absolute Gasteiger partial charge is 0.492 e. The van der Waals surface area contributed by atoms with Gasteiger partial charge in [-0.05, 0) is 41.3 Å². The van der Waals surface area contributed by atoms with Gasteiger partial charge in [0.05, 0.1) is 6.54 Å². The highest BCUT2D eigenvalue weighted by atomic mass is 127. The number of aliphatic imine (C=N–C) groups is 1. The van der Waals surface area contributed by atoms with Crippen molar-refractivity contribution >= 4 is 35.8 Å². The molecule has 6 nitrogen and oxygen atoms in total. The maximum absolute atomic E-state index is 11.9. The summed E-state index contributed by atoms with van der Waals surface area (Å²) >= 11 is 0. The Labute approximate surface area is 197 Å². The monoisotopic (exact) mass is 524 g/mol. The third-order valence-electron chi connectivity index (χ3n) is 4.50. The molecule has 2 rings (SSSR count). The van der Waals surface area contributed by atoms with Crippen LogP contribution in [0.2, 0.25) is 0 Å². The minimum absolute atomic E-state index is 0. The van der Waals surface area contributed by atoms with Gasteiger partial charge in [0.1, 0.15) is 12.4 Å². The zero-order valence-electron chi connectivity index (χ0n) is 18.4. The highest BCUT2D eigenvalue weighted by Crippen LogP contribution is 2.18. The van der Waals surface area contributed by atoms with Crippen molar-refractivity contribution in [1.82, 2.24) is 15.5 Å². The molecule has 0 spiro atoms. The van der Waals surface area contributed by atoms with Crippen LogP contribution >= 0.6 is 24.0 Å². The van der Waals surface area contributed by atoms with Crippen molar-refractivity contribution < 1.29 is 9.53 Å². The van der Waals surface area contributed by atoms with E-state index in [9.17, 15) is 4.79 Å². The molecule has 2 aromatic carbocycles. The van der Waals surface area contributed by atoms with Gasteiger partial charge in [-0.25, -0.2) is 0 Å². The van der Waals surface area contributed by atoms with E-state index >= 15 is 0 Å². The third kappa shape index (κ3) is 8.22. The van der Waals surface area contributed by atoms with E-state index in [0.29, 0.717) is 37.1 Å². The third-order valence-corrected chi connectivity index (χ3v) is 4.50. The molecule has 0 saturated carbocycles. The lowest BCUT2D eigenvalue weighted by Gasteiger charge is -2.14. The van der Waals surface area contributed by atoms with Crippen LogP contribution < -0.4 is 15.4 Å². The second-order valence-electron chi connectivity index (χ2n) is 7.32. The molecule has 1 amide bonds. The van der Waals surface area contributed by atoms with Crippen molar-refractivity contribution in [1.29, 1.82) is 0 Å². The van der Waals surface area contributed by atoms with Crippen LogP contribution in [0.1, 0.15) is 41.3 Å². The molecule has 0 radical (unpaired) electrons. The van der Waals surface area contributed by atoms with Crippen LogP contribution in [0.3, 0.4) is 0 Å². The zero-order chi connectivity index (χ0) is 21.2. The predicted molar refractivity (Wildman–Crippen MR) is 134 cm³/mol.